The van der Waals surface area contributed by atoms with Crippen molar-refractivity contribution in [1.29, 1.82) is 0 Å². The van der Waals surface area contributed by atoms with Crippen molar-refractivity contribution in [2.45, 2.75) is 17.7 Å². The number of piperazine rings is 1. The Balaban J connectivity index is 1.60. The molecular weight excluding hydrogens is 426 g/mol. The molecule has 1 amide bonds. The summed E-state index contributed by atoms with van der Waals surface area (Å²) < 4.78 is 40.6. The SMILES string of the molecule is O=C(CCc1ccccc1F)N1CCN(S(=O)(=O)c2cc(Cl)ccc2Cl)CC1. The Morgan fingerprint density at radius 3 is 2.39 bits per heavy atom. The van der Waals surface area contributed by atoms with Crippen LogP contribution in [0.2, 0.25) is 10.0 Å². The number of aryl methyl sites for hydroxylation is 1. The molecular formula is C19H19Cl2FN2O3S. The Kier molecular flexibility index (Phi) is 6.60. The second-order valence-electron chi connectivity index (χ2n) is 6.45. The van der Waals surface area contributed by atoms with Gasteiger partial charge in [-0.3, -0.25) is 4.79 Å². The minimum Gasteiger partial charge on any atom is -0.340 e. The Hall–Kier alpha value is -1.67. The lowest BCUT2D eigenvalue weighted by molar-refractivity contribution is -0.132. The molecule has 1 heterocycles. The summed E-state index contributed by atoms with van der Waals surface area (Å²) in [5.74, 6) is -0.453. The fourth-order valence-corrected chi connectivity index (χ4v) is 5.25. The third kappa shape index (κ3) is 4.66. The maximum atomic E-state index is 13.7. The van der Waals surface area contributed by atoms with Gasteiger partial charge in [-0.15, -0.1) is 0 Å². The largest absolute Gasteiger partial charge is 0.340 e. The van der Waals surface area contributed by atoms with Crippen molar-refractivity contribution in [3.8, 4) is 0 Å². The van der Waals surface area contributed by atoms with Gasteiger partial charge in [0.1, 0.15) is 10.7 Å². The van der Waals surface area contributed by atoms with Gasteiger partial charge in [0.2, 0.25) is 15.9 Å². The van der Waals surface area contributed by atoms with Gasteiger partial charge in [0, 0.05) is 37.6 Å². The topological polar surface area (TPSA) is 57.7 Å². The molecule has 0 aliphatic carbocycles. The summed E-state index contributed by atoms with van der Waals surface area (Å²) in [6.45, 7) is 0.869. The minimum absolute atomic E-state index is 0.0407. The summed E-state index contributed by atoms with van der Waals surface area (Å²) in [5.41, 5.74) is 0.493. The van der Waals surface area contributed by atoms with E-state index in [-0.39, 0.29) is 59.3 Å². The second-order valence-corrected chi connectivity index (χ2v) is 9.20. The van der Waals surface area contributed by atoms with E-state index in [2.05, 4.69) is 0 Å². The summed E-state index contributed by atoms with van der Waals surface area (Å²) in [7, 11) is -3.80. The van der Waals surface area contributed by atoms with E-state index in [1.165, 1.54) is 28.6 Å². The third-order valence-corrected chi connectivity index (χ3v) is 7.28. The molecule has 0 N–H and O–H groups in total. The second kappa shape index (κ2) is 8.78. The first-order chi connectivity index (χ1) is 13.3. The lowest BCUT2D eigenvalue weighted by atomic mass is 10.1. The molecule has 0 saturated carbocycles. The molecule has 2 aromatic rings. The van der Waals surface area contributed by atoms with E-state index in [1.54, 1.807) is 23.1 Å². The van der Waals surface area contributed by atoms with E-state index in [1.807, 2.05) is 0 Å². The Bertz CT molecular complexity index is 977. The number of nitrogens with zero attached hydrogens (tertiary/aromatic N) is 2. The molecule has 1 aliphatic heterocycles. The van der Waals surface area contributed by atoms with Gasteiger partial charge < -0.3 is 4.90 Å². The van der Waals surface area contributed by atoms with Crippen LogP contribution in [0.5, 0.6) is 0 Å². The number of rotatable bonds is 5. The molecule has 0 bridgehead atoms. The number of carbonyl (C=O) groups excluding carboxylic acids is 1. The van der Waals surface area contributed by atoms with Crippen LogP contribution < -0.4 is 0 Å². The maximum absolute atomic E-state index is 13.7. The van der Waals surface area contributed by atoms with Gasteiger partial charge in [-0.05, 0) is 36.2 Å². The van der Waals surface area contributed by atoms with Crippen molar-refractivity contribution in [2.75, 3.05) is 26.2 Å². The fourth-order valence-electron chi connectivity index (χ4n) is 3.09. The van der Waals surface area contributed by atoms with Gasteiger partial charge >= 0.3 is 0 Å². The number of benzene rings is 2. The molecule has 28 heavy (non-hydrogen) atoms. The molecule has 1 aliphatic rings. The average Bonchev–Trinajstić information content (AvgIpc) is 2.69. The predicted molar refractivity (Wildman–Crippen MR) is 107 cm³/mol. The van der Waals surface area contributed by atoms with Crippen LogP contribution in [0.4, 0.5) is 4.39 Å². The van der Waals surface area contributed by atoms with Crippen LogP contribution in [-0.4, -0.2) is 49.7 Å². The van der Waals surface area contributed by atoms with Gasteiger partial charge in [-0.2, -0.15) is 4.31 Å². The molecule has 1 fully saturated rings. The number of carbonyl (C=O) groups is 1. The molecule has 0 atom stereocenters. The van der Waals surface area contributed by atoms with E-state index in [4.69, 9.17) is 23.2 Å². The molecule has 0 aromatic heterocycles. The molecule has 0 radical (unpaired) electrons. The molecule has 1 saturated heterocycles. The average molecular weight is 445 g/mol. The zero-order chi connectivity index (χ0) is 20.3. The van der Waals surface area contributed by atoms with Crippen LogP contribution in [0.25, 0.3) is 0 Å². The smallest absolute Gasteiger partial charge is 0.244 e. The Morgan fingerprint density at radius 2 is 1.71 bits per heavy atom. The molecule has 0 spiro atoms. The molecule has 5 nitrogen and oxygen atoms in total. The number of hydrogen-bond acceptors (Lipinski definition) is 3. The Labute approximate surface area is 173 Å². The van der Waals surface area contributed by atoms with E-state index >= 15 is 0 Å². The summed E-state index contributed by atoms with van der Waals surface area (Å²) in [6, 6.07) is 10.6. The zero-order valence-electron chi connectivity index (χ0n) is 14.9. The lowest BCUT2D eigenvalue weighted by Crippen LogP contribution is -2.50. The third-order valence-electron chi connectivity index (χ3n) is 4.67. The van der Waals surface area contributed by atoms with Crippen LogP contribution in [0.3, 0.4) is 0 Å². The lowest BCUT2D eigenvalue weighted by Gasteiger charge is -2.34. The minimum atomic E-state index is -3.80. The standard InChI is InChI=1S/C19H19Cl2FN2O3S/c20-15-6-7-16(21)18(13-15)28(26,27)24-11-9-23(10-12-24)19(25)8-5-14-3-1-2-4-17(14)22/h1-4,6-7,13H,5,8-12H2. The van der Waals surface area contributed by atoms with Gasteiger partial charge in [-0.1, -0.05) is 41.4 Å². The van der Waals surface area contributed by atoms with E-state index in [9.17, 15) is 17.6 Å². The van der Waals surface area contributed by atoms with Crippen molar-refractivity contribution >= 4 is 39.1 Å². The number of hydrogen-bond donors (Lipinski definition) is 0. The van der Waals surface area contributed by atoms with Crippen molar-refractivity contribution in [1.82, 2.24) is 9.21 Å². The zero-order valence-corrected chi connectivity index (χ0v) is 17.3. The highest BCUT2D eigenvalue weighted by atomic mass is 35.5. The van der Waals surface area contributed by atoms with Gasteiger partial charge in [0.25, 0.3) is 0 Å². The van der Waals surface area contributed by atoms with Crippen LogP contribution in [0.15, 0.2) is 47.4 Å². The maximum Gasteiger partial charge on any atom is 0.244 e. The highest BCUT2D eigenvalue weighted by molar-refractivity contribution is 7.89. The predicted octanol–water partition coefficient (Wildman–Crippen LogP) is 3.60. The van der Waals surface area contributed by atoms with Gasteiger partial charge in [0.15, 0.2) is 0 Å². The first kappa shape index (κ1) is 21.0. The first-order valence-corrected chi connectivity index (χ1v) is 10.9. The van der Waals surface area contributed by atoms with E-state index < -0.39 is 10.0 Å². The highest BCUT2D eigenvalue weighted by Crippen LogP contribution is 2.28. The quantitative estimate of drug-likeness (QED) is 0.707. The van der Waals surface area contributed by atoms with Crippen molar-refractivity contribution in [3.63, 3.8) is 0 Å². The highest BCUT2D eigenvalue weighted by Gasteiger charge is 2.31. The fraction of sp³-hybridized carbons (Fsp3) is 0.316. The molecule has 150 valence electrons. The Morgan fingerprint density at radius 1 is 1.04 bits per heavy atom. The molecule has 0 unspecified atom stereocenters. The molecule has 3 rings (SSSR count). The first-order valence-electron chi connectivity index (χ1n) is 8.75. The monoisotopic (exact) mass is 444 g/mol. The normalized spacial score (nSPS) is 15.6. The number of amides is 1. The van der Waals surface area contributed by atoms with Crippen LogP contribution >= 0.6 is 23.2 Å². The molecule has 2 aromatic carbocycles. The van der Waals surface area contributed by atoms with Gasteiger partial charge in [0.05, 0.1) is 5.02 Å². The molecule has 9 heteroatoms. The van der Waals surface area contributed by atoms with Crippen molar-refractivity contribution < 1.29 is 17.6 Å². The summed E-state index contributed by atoms with van der Waals surface area (Å²) in [5, 5.41) is 0.387. The van der Waals surface area contributed by atoms with Crippen LogP contribution in [0.1, 0.15) is 12.0 Å². The van der Waals surface area contributed by atoms with E-state index in [0.29, 0.717) is 12.0 Å². The number of halogens is 3. The van der Waals surface area contributed by atoms with Gasteiger partial charge in [-0.25, -0.2) is 12.8 Å². The van der Waals surface area contributed by atoms with Crippen LogP contribution in [0, 0.1) is 5.82 Å². The summed E-state index contributed by atoms with van der Waals surface area (Å²) >= 11 is 11.9. The van der Waals surface area contributed by atoms with Crippen LogP contribution in [-0.2, 0) is 21.2 Å². The van der Waals surface area contributed by atoms with Crippen molar-refractivity contribution in [2.24, 2.45) is 0 Å². The van der Waals surface area contributed by atoms with Crippen molar-refractivity contribution in [3.05, 3.63) is 63.9 Å². The van der Waals surface area contributed by atoms with E-state index in [0.717, 1.165) is 0 Å². The number of sulfonamides is 1. The summed E-state index contributed by atoms with van der Waals surface area (Å²) in [4.78, 5) is 14.0. The summed E-state index contributed by atoms with van der Waals surface area (Å²) in [6.07, 6.45) is 0.482.